The highest BCUT2D eigenvalue weighted by molar-refractivity contribution is 9.10. The van der Waals surface area contributed by atoms with Crippen LogP contribution in [0.4, 0.5) is 8.78 Å². The predicted octanol–water partition coefficient (Wildman–Crippen LogP) is 4.85. The van der Waals surface area contributed by atoms with Crippen molar-refractivity contribution >= 4 is 15.9 Å². The lowest BCUT2D eigenvalue weighted by molar-refractivity contribution is 0.460. The molecule has 3 aromatic rings. The molecule has 0 aliphatic rings. The molecule has 0 amide bonds. The highest BCUT2D eigenvalue weighted by atomic mass is 79.9. The van der Waals surface area contributed by atoms with Gasteiger partial charge in [-0.25, -0.2) is 13.8 Å². The zero-order chi connectivity index (χ0) is 17.1. The third-order valence-electron chi connectivity index (χ3n) is 3.11. The van der Waals surface area contributed by atoms with E-state index >= 15 is 0 Å². The van der Waals surface area contributed by atoms with Crippen LogP contribution < -0.4 is 4.74 Å². The Morgan fingerprint density at radius 3 is 2.58 bits per heavy atom. The number of pyridine rings is 2. The van der Waals surface area contributed by atoms with Gasteiger partial charge in [0.1, 0.15) is 11.8 Å². The van der Waals surface area contributed by atoms with E-state index in [-0.39, 0.29) is 11.6 Å². The normalized spacial score (nSPS) is 10.2. The van der Waals surface area contributed by atoms with E-state index in [4.69, 9.17) is 10.00 Å². The number of halogens is 3. The second-order valence-corrected chi connectivity index (χ2v) is 5.59. The average molecular weight is 388 g/mol. The van der Waals surface area contributed by atoms with Gasteiger partial charge in [-0.1, -0.05) is 6.07 Å². The van der Waals surface area contributed by atoms with Crippen molar-refractivity contribution in [1.29, 1.82) is 5.26 Å². The van der Waals surface area contributed by atoms with Crippen LogP contribution in [0.2, 0.25) is 0 Å². The Morgan fingerprint density at radius 1 is 1.00 bits per heavy atom. The topological polar surface area (TPSA) is 58.8 Å². The fraction of sp³-hybridized carbons (Fsp3) is 0. The summed E-state index contributed by atoms with van der Waals surface area (Å²) in [6.45, 7) is 0. The maximum atomic E-state index is 13.4. The molecule has 7 heteroatoms. The fourth-order valence-electron chi connectivity index (χ4n) is 1.99. The van der Waals surface area contributed by atoms with Crippen LogP contribution in [-0.2, 0) is 0 Å². The first-order valence-corrected chi connectivity index (χ1v) is 7.51. The van der Waals surface area contributed by atoms with Gasteiger partial charge in [0.25, 0.3) is 0 Å². The molecule has 3 rings (SSSR count). The molecule has 118 valence electrons. The Labute approximate surface area is 144 Å². The summed E-state index contributed by atoms with van der Waals surface area (Å²) in [5, 5.41) is 8.97. The van der Waals surface area contributed by atoms with Crippen molar-refractivity contribution in [3.8, 4) is 28.8 Å². The highest BCUT2D eigenvalue weighted by Gasteiger charge is 2.08. The molecule has 24 heavy (non-hydrogen) atoms. The van der Waals surface area contributed by atoms with Crippen LogP contribution in [0.5, 0.6) is 11.6 Å². The number of rotatable bonds is 3. The Hall–Kier alpha value is -2.85. The van der Waals surface area contributed by atoms with Crippen molar-refractivity contribution < 1.29 is 13.5 Å². The van der Waals surface area contributed by atoms with E-state index in [0.29, 0.717) is 21.3 Å². The third kappa shape index (κ3) is 3.39. The quantitative estimate of drug-likeness (QED) is 0.644. The Bertz CT molecular complexity index is 957. The molecule has 2 heterocycles. The Morgan fingerprint density at radius 2 is 1.83 bits per heavy atom. The van der Waals surface area contributed by atoms with E-state index in [2.05, 4.69) is 25.9 Å². The van der Waals surface area contributed by atoms with Gasteiger partial charge in [-0.15, -0.1) is 0 Å². The van der Waals surface area contributed by atoms with Crippen LogP contribution in [0.1, 0.15) is 5.69 Å². The minimum Gasteiger partial charge on any atom is -0.437 e. The Balaban J connectivity index is 1.91. The van der Waals surface area contributed by atoms with Crippen LogP contribution in [0.25, 0.3) is 11.1 Å². The molecule has 1 aromatic carbocycles. The van der Waals surface area contributed by atoms with Gasteiger partial charge in [-0.3, -0.25) is 4.98 Å². The smallest absolute Gasteiger partial charge is 0.220 e. The molecule has 0 N–H and O–H groups in total. The third-order valence-corrected chi connectivity index (χ3v) is 3.75. The second kappa shape index (κ2) is 6.72. The maximum Gasteiger partial charge on any atom is 0.220 e. The van der Waals surface area contributed by atoms with Crippen molar-refractivity contribution in [2.45, 2.75) is 0 Å². The van der Waals surface area contributed by atoms with Crippen molar-refractivity contribution in [2.24, 2.45) is 0 Å². The molecule has 0 spiro atoms. The molecule has 0 aliphatic heterocycles. The van der Waals surface area contributed by atoms with E-state index < -0.39 is 11.6 Å². The molecule has 0 atom stereocenters. The minimum absolute atomic E-state index is 0.192. The first-order valence-electron chi connectivity index (χ1n) is 6.72. The Kier molecular flexibility index (Phi) is 4.49. The number of aromatic nitrogens is 2. The number of nitrogens with zero attached hydrogens (tertiary/aromatic N) is 3. The molecule has 0 radical (unpaired) electrons. The summed E-state index contributed by atoms with van der Waals surface area (Å²) in [6, 6.07) is 10.4. The van der Waals surface area contributed by atoms with Crippen molar-refractivity contribution in [1.82, 2.24) is 9.97 Å². The largest absolute Gasteiger partial charge is 0.437 e. The minimum atomic E-state index is -0.938. The molecule has 0 saturated heterocycles. The summed E-state index contributed by atoms with van der Waals surface area (Å²) in [5.74, 6) is -1.27. The van der Waals surface area contributed by atoms with Gasteiger partial charge in [0.05, 0.1) is 10.7 Å². The van der Waals surface area contributed by atoms with Gasteiger partial charge >= 0.3 is 0 Å². The number of ether oxygens (including phenoxy) is 1. The van der Waals surface area contributed by atoms with Crippen LogP contribution >= 0.6 is 15.9 Å². The lowest BCUT2D eigenvalue weighted by Gasteiger charge is -2.07. The summed E-state index contributed by atoms with van der Waals surface area (Å²) in [4.78, 5) is 8.07. The van der Waals surface area contributed by atoms with Crippen LogP contribution in [-0.4, -0.2) is 9.97 Å². The zero-order valence-corrected chi connectivity index (χ0v) is 13.6. The van der Waals surface area contributed by atoms with Crippen LogP contribution in [0.3, 0.4) is 0 Å². The summed E-state index contributed by atoms with van der Waals surface area (Å²) in [5.41, 5.74) is 1.22. The van der Waals surface area contributed by atoms with Gasteiger partial charge in [-0.2, -0.15) is 5.26 Å². The summed E-state index contributed by atoms with van der Waals surface area (Å²) >= 11 is 3.21. The fourth-order valence-corrected chi connectivity index (χ4v) is 2.30. The summed E-state index contributed by atoms with van der Waals surface area (Å²) < 4.78 is 32.5. The van der Waals surface area contributed by atoms with Crippen molar-refractivity contribution in [3.05, 3.63) is 70.6 Å². The molecule has 4 nitrogen and oxygen atoms in total. The van der Waals surface area contributed by atoms with Gasteiger partial charge < -0.3 is 4.74 Å². The van der Waals surface area contributed by atoms with Crippen molar-refractivity contribution in [3.63, 3.8) is 0 Å². The number of hydrogen-bond acceptors (Lipinski definition) is 4. The van der Waals surface area contributed by atoms with E-state index in [0.717, 1.165) is 12.1 Å². The van der Waals surface area contributed by atoms with E-state index in [1.165, 1.54) is 18.5 Å². The SMILES string of the molecule is N#Cc1nc(Oc2cncc(-c3ccc(F)c(F)c3)c2)ccc1Br. The molecular formula is C17H8BrF2N3O. The second-order valence-electron chi connectivity index (χ2n) is 4.73. The van der Waals surface area contributed by atoms with Gasteiger partial charge in [-0.05, 0) is 45.8 Å². The van der Waals surface area contributed by atoms with E-state index in [1.54, 1.807) is 18.2 Å². The first kappa shape index (κ1) is 16.0. The molecule has 0 unspecified atom stereocenters. The molecule has 0 fully saturated rings. The average Bonchev–Trinajstić information content (AvgIpc) is 2.59. The molecule has 0 aliphatic carbocycles. The number of benzene rings is 1. The molecule has 2 aromatic heterocycles. The monoisotopic (exact) mass is 387 g/mol. The van der Waals surface area contributed by atoms with E-state index in [9.17, 15) is 8.78 Å². The lowest BCUT2D eigenvalue weighted by atomic mass is 10.1. The molecular weight excluding hydrogens is 380 g/mol. The molecule has 0 saturated carbocycles. The zero-order valence-electron chi connectivity index (χ0n) is 12.0. The predicted molar refractivity (Wildman–Crippen MR) is 86.3 cm³/mol. The highest BCUT2D eigenvalue weighted by Crippen LogP contribution is 2.27. The lowest BCUT2D eigenvalue weighted by Crippen LogP contribution is -1.93. The van der Waals surface area contributed by atoms with Crippen LogP contribution in [0, 0.1) is 23.0 Å². The van der Waals surface area contributed by atoms with Gasteiger partial charge in [0.15, 0.2) is 17.3 Å². The number of nitriles is 1. The summed E-state index contributed by atoms with van der Waals surface area (Å²) in [6.07, 6.45) is 2.97. The van der Waals surface area contributed by atoms with E-state index in [1.807, 2.05) is 6.07 Å². The standard InChI is InChI=1S/C17H8BrF2N3O/c18-13-2-4-17(23-16(13)7-21)24-12-5-11(8-22-9-12)10-1-3-14(19)15(20)6-10/h1-6,8-9H. The first-order chi connectivity index (χ1) is 11.6. The van der Waals surface area contributed by atoms with Gasteiger partial charge in [0, 0.05) is 17.8 Å². The van der Waals surface area contributed by atoms with Gasteiger partial charge in [0.2, 0.25) is 5.88 Å². The molecule has 0 bridgehead atoms. The van der Waals surface area contributed by atoms with Crippen molar-refractivity contribution in [2.75, 3.05) is 0 Å². The summed E-state index contributed by atoms with van der Waals surface area (Å²) in [7, 11) is 0. The van der Waals surface area contributed by atoms with Crippen LogP contribution in [0.15, 0.2) is 53.3 Å². The number of hydrogen-bond donors (Lipinski definition) is 0. The maximum absolute atomic E-state index is 13.4.